The van der Waals surface area contributed by atoms with Crippen LogP contribution in [0.5, 0.6) is 0 Å². The van der Waals surface area contributed by atoms with Crippen molar-refractivity contribution < 1.29 is 4.79 Å². The molecule has 0 spiro atoms. The highest BCUT2D eigenvalue weighted by atomic mass is 32.1. The molecule has 0 aromatic carbocycles. The second-order valence-electron chi connectivity index (χ2n) is 5.69. The number of aromatic nitrogens is 2. The van der Waals surface area contributed by atoms with Gasteiger partial charge in [-0.2, -0.15) is 5.10 Å². The van der Waals surface area contributed by atoms with Gasteiger partial charge in [0.15, 0.2) is 0 Å². The number of amides is 1. The van der Waals surface area contributed by atoms with Gasteiger partial charge < -0.3 is 11.1 Å². The van der Waals surface area contributed by atoms with Gasteiger partial charge in [-0.25, -0.2) is 0 Å². The third-order valence-corrected chi connectivity index (χ3v) is 5.49. The molecule has 0 atom stereocenters. The summed E-state index contributed by atoms with van der Waals surface area (Å²) in [5.74, 6) is 0.748. The van der Waals surface area contributed by atoms with Crippen molar-refractivity contribution in [2.45, 2.75) is 45.1 Å². The van der Waals surface area contributed by atoms with Crippen LogP contribution in [0, 0.1) is 5.92 Å². The molecule has 1 amide bonds. The average molecular weight is 304 g/mol. The SMILES string of the molecule is CCC1CCC(NC(=O)c2sc3nnccc3c2N)CC1. The lowest BCUT2D eigenvalue weighted by Gasteiger charge is -2.28. The van der Waals surface area contributed by atoms with Crippen LogP contribution >= 0.6 is 11.3 Å². The van der Waals surface area contributed by atoms with Crippen molar-refractivity contribution in [2.24, 2.45) is 5.92 Å². The third kappa shape index (κ3) is 2.85. The first-order chi connectivity index (χ1) is 10.2. The zero-order chi connectivity index (χ0) is 14.8. The highest BCUT2D eigenvalue weighted by molar-refractivity contribution is 7.21. The van der Waals surface area contributed by atoms with Crippen molar-refractivity contribution in [3.8, 4) is 0 Å². The van der Waals surface area contributed by atoms with Crippen LogP contribution in [0.25, 0.3) is 10.2 Å². The van der Waals surface area contributed by atoms with Gasteiger partial charge in [0.2, 0.25) is 0 Å². The predicted molar refractivity (Wildman–Crippen MR) is 85.3 cm³/mol. The molecule has 6 heteroatoms. The topological polar surface area (TPSA) is 80.9 Å². The molecule has 2 heterocycles. The van der Waals surface area contributed by atoms with E-state index in [0.29, 0.717) is 10.6 Å². The van der Waals surface area contributed by atoms with Gasteiger partial charge in [-0.3, -0.25) is 4.79 Å². The molecule has 0 radical (unpaired) electrons. The molecule has 1 aliphatic rings. The Morgan fingerprint density at radius 2 is 2.19 bits per heavy atom. The van der Waals surface area contributed by atoms with Crippen LogP contribution in [0.3, 0.4) is 0 Å². The number of hydrogen-bond acceptors (Lipinski definition) is 5. The molecule has 5 nitrogen and oxygen atoms in total. The van der Waals surface area contributed by atoms with Crippen molar-refractivity contribution in [3.05, 3.63) is 17.1 Å². The summed E-state index contributed by atoms with van der Waals surface area (Å²) in [5, 5.41) is 11.8. The first kappa shape index (κ1) is 14.3. The van der Waals surface area contributed by atoms with E-state index < -0.39 is 0 Å². The number of carbonyl (C=O) groups excluding carboxylic acids is 1. The van der Waals surface area contributed by atoms with Gasteiger partial charge in [-0.1, -0.05) is 13.3 Å². The second kappa shape index (κ2) is 5.97. The number of nitrogens with two attached hydrogens (primary N) is 1. The van der Waals surface area contributed by atoms with Gasteiger partial charge >= 0.3 is 0 Å². The monoisotopic (exact) mass is 304 g/mol. The number of nitrogen functional groups attached to an aromatic ring is 1. The molecular formula is C15H20N4OS. The molecule has 0 unspecified atom stereocenters. The zero-order valence-electron chi connectivity index (χ0n) is 12.1. The van der Waals surface area contributed by atoms with Crippen molar-refractivity contribution >= 4 is 33.1 Å². The molecule has 2 aromatic heterocycles. The average Bonchev–Trinajstić information content (AvgIpc) is 2.86. The third-order valence-electron chi connectivity index (χ3n) is 4.39. The van der Waals surface area contributed by atoms with E-state index in [4.69, 9.17) is 5.73 Å². The Morgan fingerprint density at radius 1 is 1.43 bits per heavy atom. The molecule has 0 saturated heterocycles. The summed E-state index contributed by atoms with van der Waals surface area (Å²) in [5.41, 5.74) is 6.59. The Morgan fingerprint density at radius 3 is 2.86 bits per heavy atom. The Balaban J connectivity index is 1.71. The van der Waals surface area contributed by atoms with Gasteiger partial charge in [0.05, 0.1) is 11.9 Å². The Bertz CT molecular complexity index is 646. The quantitative estimate of drug-likeness (QED) is 0.913. The predicted octanol–water partition coefficient (Wildman–Crippen LogP) is 2.97. The van der Waals surface area contributed by atoms with Gasteiger partial charge in [0.1, 0.15) is 9.71 Å². The Labute approximate surface area is 127 Å². The van der Waals surface area contributed by atoms with E-state index in [1.54, 1.807) is 12.3 Å². The van der Waals surface area contributed by atoms with E-state index in [0.717, 1.165) is 29.0 Å². The summed E-state index contributed by atoms with van der Waals surface area (Å²) in [6, 6.07) is 2.08. The van der Waals surface area contributed by atoms with Gasteiger partial charge in [0.25, 0.3) is 5.91 Å². The lowest BCUT2D eigenvalue weighted by Crippen LogP contribution is -2.37. The number of nitrogens with zero attached hydrogens (tertiary/aromatic N) is 2. The number of carbonyl (C=O) groups is 1. The van der Waals surface area contributed by atoms with E-state index in [2.05, 4.69) is 22.4 Å². The van der Waals surface area contributed by atoms with Crippen LogP contribution in [0.4, 0.5) is 5.69 Å². The molecule has 3 N–H and O–H groups in total. The molecule has 112 valence electrons. The summed E-state index contributed by atoms with van der Waals surface area (Å²) in [6.45, 7) is 2.24. The smallest absolute Gasteiger partial charge is 0.263 e. The Hall–Kier alpha value is -1.69. The fraction of sp³-hybridized carbons (Fsp3) is 0.533. The maximum Gasteiger partial charge on any atom is 0.263 e. The van der Waals surface area contributed by atoms with Crippen LogP contribution in [0.1, 0.15) is 48.7 Å². The van der Waals surface area contributed by atoms with E-state index in [1.807, 2.05) is 0 Å². The van der Waals surface area contributed by atoms with E-state index in [9.17, 15) is 4.79 Å². The number of nitrogens with one attached hydrogen (secondary N) is 1. The normalized spacial score (nSPS) is 22.3. The van der Waals surface area contributed by atoms with Crippen LogP contribution in [-0.2, 0) is 0 Å². The molecule has 1 fully saturated rings. The standard InChI is InChI=1S/C15H20N4OS/c1-2-9-3-5-10(6-4-9)18-14(20)13-12(16)11-7-8-17-19-15(11)21-13/h7-10H,2-6,16H2,1H3,(H,18,20). The molecule has 0 aliphatic heterocycles. The van der Waals surface area contributed by atoms with Crippen LogP contribution in [0.2, 0.25) is 0 Å². The fourth-order valence-electron chi connectivity index (χ4n) is 3.01. The number of rotatable bonds is 3. The fourth-order valence-corrected chi connectivity index (χ4v) is 3.95. The van der Waals surface area contributed by atoms with Crippen LogP contribution < -0.4 is 11.1 Å². The first-order valence-corrected chi connectivity index (χ1v) is 8.31. The summed E-state index contributed by atoms with van der Waals surface area (Å²) in [4.78, 5) is 13.7. The van der Waals surface area contributed by atoms with Crippen molar-refractivity contribution in [1.29, 1.82) is 0 Å². The van der Waals surface area contributed by atoms with Crippen LogP contribution in [-0.4, -0.2) is 22.1 Å². The maximum atomic E-state index is 12.4. The minimum Gasteiger partial charge on any atom is -0.397 e. The highest BCUT2D eigenvalue weighted by Gasteiger charge is 2.24. The molecule has 21 heavy (non-hydrogen) atoms. The summed E-state index contributed by atoms with van der Waals surface area (Å²) in [6.07, 6.45) is 7.37. The second-order valence-corrected chi connectivity index (χ2v) is 6.69. The van der Waals surface area contributed by atoms with Crippen LogP contribution in [0.15, 0.2) is 12.3 Å². The van der Waals surface area contributed by atoms with Gasteiger partial charge in [-0.05, 0) is 37.7 Å². The molecule has 2 aromatic rings. The van der Waals surface area contributed by atoms with Crippen molar-refractivity contribution in [1.82, 2.24) is 15.5 Å². The number of hydrogen-bond donors (Lipinski definition) is 2. The van der Waals surface area contributed by atoms with E-state index in [-0.39, 0.29) is 11.9 Å². The molecule has 1 aliphatic carbocycles. The van der Waals surface area contributed by atoms with Crippen molar-refractivity contribution in [2.75, 3.05) is 5.73 Å². The lowest BCUT2D eigenvalue weighted by atomic mass is 9.84. The van der Waals surface area contributed by atoms with E-state index in [1.165, 1.54) is 30.6 Å². The number of fused-ring (bicyclic) bond motifs is 1. The largest absolute Gasteiger partial charge is 0.397 e. The summed E-state index contributed by atoms with van der Waals surface area (Å²) >= 11 is 1.31. The van der Waals surface area contributed by atoms with E-state index >= 15 is 0 Å². The number of thiophene rings is 1. The first-order valence-electron chi connectivity index (χ1n) is 7.49. The number of anilines is 1. The maximum absolute atomic E-state index is 12.4. The molecule has 3 rings (SSSR count). The minimum atomic E-state index is -0.0737. The summed E-state index contributed by atoms with van der Waals surface area (Å²) < 4.78 is 0. The lowest BCUT2D eigenvalue weighted by molar-refractivity contribution is 0.0926. The molecular weight excluding hydrogens is 284 g/mol. The highest BCUT2D eigenvalue weighted by Crippen LogP contribution is 2.32. The van der Waals surface area contributed by atoms with Gasteiger partial charge in [0, 0.05) is 11.4 Å². The molecule has 1 saturated carbocycles. The zero-order valence-corrected chi connectivity index (χ0v) is 12.9. The molecule has 0 bridgehead atoms. The summed E-state index contributed by atoms with van der Waals surface area (Å²) in [7, 11) is 0. The minimum absolute atomic E-state index is 0.0737. The Kier molecular flexibility index (Phi) is 4.05. The van der Waals surface area contributed by atoms with Gasteiger partial charge in [-0.15, -0.1) is 16.4 Å². The van der Waals surface area contributed by atoms with Crippen molar-refractivity contribution in [3.63, 3.8) is 0 Å².